The van der Waals surface area contributed by atoms with Gasteiger partial charge in [-0.1, -0.05) is 19.8 Å². The van der Waals surface area contributed by atoms with Gasteiger partial charge in [0.1, 0.15) is 0 Å². The number of hydrogen-bond acceptors (Lipinski definition) is 3. The highest BCUT2D eigenvalue weighted by Crippen LogP contribution is 2.37. The molecular formula is C9H18F2N2O2S. The van der Waals surface area contributed by atoms with E-state index in [1.54, 1.807) is 6.92 Å². The molecule has 0 amide bonds. The standard InChI is InChI=1S/C9H18F2N2O2S/c1-2-13(16(14,15)8(10)11)9(7-12)5-3-4-6-9/h8H,2-7,12H2,1H3. The molecule has 1 saturated carbocycles. The Bertz CT molecular complexity index is 326. The van der Waals surface area contributed by atoms with Crippen molar-refractivity contribution in [3.05, 3.63) is 0 Å². The third kappa shape index (κ3) is 2.21. The molecular weight excluding hydrogens is 238 g/mol. The Kier molecular flexibility index (Phi) is 4.25. The van der Waals surface area contributed by atoms with Crippen LogP contribution in [0.15, 0.2) is 0 Å². The van der Waals surface area contributed by atoms with Crippen LogP contribution < -0.4 is 5.73 Å². The van der Waals surface area contributed by atoms with Crippen LogP contribution in [0.5, 0.6) is 0 Å². The van der Waals surface area contributed by atoms with E-state index in [1.807, 2.05) is 0 Å². The van der Waals surface area contributed by atoms with Gasteiger partial charge in [-0.15, -0.1) is 0 Å². The van der Waals surface area contributed by atoms with Gasteiger partial charge >= 0.3 is 5.76 Å². The van der Waals surface area contributed by atoms with Crippen LogP contribution in [0.1, 0.15) is 32.6 Å². The van der Waals surface area contributed by atoms with Crippen LogP contribution in [0, 0.1) is 0 Å². The lowest BCUT2D eigenvalue weighted by Crippen LogP contribution is -2.55. The first-order valence-corrected chi connectivity index (χ1v) is 6.91. The molecule has 0 atom stereocenters. The molecule has 0 bridgehead atoms. The minimum absolute atomic E-state index is 0.0455. The highest BCUT2D eigenvalue weighted by molar-refractivity contribution is 7.89. The molecule has 1 rings (SSSR count). The number of likely N-dealkylation sites (N-methyl/N-ethyl adjacent to an activating group) is 1. The summed E-state index contributed by atoms with van der Waals surface area (Å²) in [6, 6.07) is 0. The van der Waals surface area contributed by atoms with E-state index in [4.69, 9.17) is 5.73 Å². The minimum atomic E-state index is -4.52. The summed E-state index contributed by atoms with van der Waals surface area (Å²) in [7, 11) is -4.52. The molecule has 0 aromatic rings. The average Bonchev–Trinajstić information content (AvgIpc) is 2.68. The van der Waals surface area contributed by atoms with Gasteiger partial charge in [-0.3, -0.25) is 0 Å². The molecule has 0 saturated heterocycles. The van der Waals surface area contributed by atoms with Crippen molar-refractivity contribution in [1.82, 2.24) is 4.31 Å². The van der Waals surface area contributed by atoms with Crippen molar-refractivity contribution in [1.29, 1.82) is 0 Å². The number of hydrogen-bond donors (Lipinski definition) is 1. The van der Waals surface area contributed by atoms with E-state index in [0.29, 0.717) is 12.8 Å². The van der Waals surface area contributed by atoms with Crippen molar-refractivity contribution >= 4 is 10.0 Å². The van der Waals surface area contributed by atoms with Crippen LogP contribution in [-0.4, -0.2) is 37.1 Å². The van der Waals surface area contributed by atoms with Crippen LogP contribution in [-0.2, 0) is 10.0 Å². The second-order valence-corrected chi connectivity index (χ2v) is 5.93. The Balaban J connectivity index is 3.06. The van der Waals surface area contributed by atoms with Gasteiger partial charge in [0.05, 0.1) is 0 Å². The molecule has 0 heterocycles. The Hall–Kier alpha value is -0.270. The van der Waals surface area contributed by atoms with Crippen molar-refractivity contribution in [2.45, 2.75) is 43.9 Å². The molecule has 1 aliphatic rings. The van der Waals surface area contributed by atoms with Crippen LogP contribution >= 0.6 is 0 Å². The summed E-state index contributed by atoms with van der Waals surface area (Å²) in [6.07, 6.45) is 2.82. The van der Waals surface area contributed by atoms with E-state index in [-0.39, 0.29) is 13.1 Å². The minimum Gasteiger partial charge on any atom is -0.329 e. The summed E-state index contributed by atoms with van der Waals surface area (Å²) in [5.74, 6) is -3.36. The average molecular weight is 256 g/mol. The third-order valence-electron chi connectivity index (χ3n) is 3.26. The van der Waals surface area contributed by atoms with Gasteiger partial charge in [0.2, 0.25) is 0 Å². The van der Waals surface area contributed by atoms with Gasteiger partial charge in [-0.2, -0.15) is 13.1 Å². The molecule has 4 nitrogen and oxygen atoms in total. The monoisotopic (exact) mass is 256 g/mol. The fourth-order valence-electron chi connectivity index (χ4n) is 2.47. The molecule has 0 aromatic carbocycles. The molecule has 0 aromatic heterocycles. The van der Waals surface area contributed by atoms with Crippen LogP contribution in [0.4, 0.5) is 8.78 Å². The van der Waals surface area contributed by atoms with E-state index in [0.717, 1.165) is 17.1 Å². The highest BCUT2D eigenvalue weighted by atomic mass is 32.2. The molecule has 0 spiro atoms. The number of alkyl halides is 2. The van der Waals surface area contributed by atoms with Crippen molar-refractivity contribution in [2.24, 2.45) is 5.73 Å². The van der Waals surface area contributed by atoms with E-state index >= 15 is 0 Å². The van der Waals surface area contributed by atoms with Crippen molar-refractivity contribution in [3.63, 3.8) is 0 Å². The molecule has 1 aliphatic carbocycles. The van der Waals surface area contributed by atoms with Crippen LogP contribution in [0.3, 0.4) is 0 Å². The summed E-state index contributed by atoms with van der Waals surface area (Å²) < 4.78 is 49.0. The van der Waals surface area contributed by atoms with Gasteiger partial charge in [0.15, 0.2) is 0 Å². The summed E-state index contributed by atoms with van der Waals surface area (Å²) in [6.45, 7) is 1.71. The van der Waals surface area contributed by atoms with E-state index < -0.39 is 21.3 Å². The second kappa shape index (κ2) is 4.93. The van der Waals surface area contributed by atoms with Crippen molar-refractivity contribution < 1.29 is 17.2 Å². The maximum Gasteiger partial charge on any atom is 0.350 e. The topological polar surface area (TPSA) is 63.4 Å². The van der Waals surface area contributed by atoms with Crippen molar-refractivity contribution in [3.8, 4) is 0 Å². The smallest absolute Gasteiger partial charge is 0.329 e. The summed E-state index contributed by atoms with van der Waals surface area (Å²) in [5.41, 5.74) is 4.80. The van der Waals surface area contributed by atoms with Crippen LogP contribution in [0.2, 0.25) is 0 Å². The number of nitrogens with two attached hydrogens (primary N) is 1. The van der Waals surface area contributed by atoms with Crippen molar-refractivity contribution in [2.75, 3.05) is 13.1 Å². The molecule has 96 valence electrons. The normalized spacial score (nSPS) is 20.9. The molecule has 0 unspecified atom stereocenters. The number of rotatable bonds is 5. The van der Waals surface area contributed by atoms with Crippen LogP contribution in [0.25, 0.3) is 0 Å². The highest BCUT2D eigenvalue weighted by Gasteiger charge is 2.46. The fraction of sp³-hybridized carbons (Fsp3) is 1.00. The van der Waals surface area contributed by atoms with Gasteiger partial charge in [-0.05, 0) is 12.8 Å². The first-order chi connectivity index (χ1) is 7.40. The first kappa shape index (κ1) is 13.8. The van der Waals surface area contributed by atoms with Gasteiger partial charge in [0, 0.05) is 18.6 Å². The number of halogens is 2. The summed E-state index contributed by atoms with van der Waals surface area (Å²) >= 11 is 0. The Morgan fingerprint density at radius 2 is 1.88 bits per heavy atom. The SMILES string of the molecule is CCN(C1(CN)CCCC1)S(=O)(=O)C(F)F. The molecule has 16 heavy (non-hydrogen) atoms. The van der Waals surface area contributed by atoms with Gasteiger partial charge in [-0.25, -0.2) is 8.42 Å². The lowest BCUT2D eigenvalue weighted by molar-refractivity contribution is 0.168. The van der Waals surface area contributed by atoms with Gasteiger partial charge in [0.25, 0.3) is 10.0 Å². The van der Waals surface area contributed by atoms with E-state index in [2.05, 4.69) is 0 Å². The Morgan fingerprint density at radius 3 is 2.19 bits per heavy atom. The predicted molar refractivity (Wildman–Crippen MR) is 57.6 cm³/mol. The Morgan fingerprint density at radius 1 is 1.38 bits per heavy atom. The molecule has 0 aliphatic heterocycles. The molecule has 0 radical (unpaired) electrons. The first-order valence-electron chi connectivity index (χ1n) is 5.40. The second-order valence-electron chi connectivity index (χ2n) is 4.11. The fourth-order valence-corrected chi connectivity index (χ4v) is 3.82. The number of nitrogens with zero attached hydrogens (tertiary/aromatic N) is 1. The van der Waals surface area contributed by atoms with E-state index in [9.17, 15) is 17.2 Å². The molecule has 1 fully saturated rings. The number of sulfonamides is 1. The quantitative estimate of drug-likeness (QED) is 0.802. The Labute approximate surface area is 94.8 Å². The summed E-state index contributed by atoms with van der Waals surface area (Å²) in [5, 5.41) is 0. The van der Waals surface area contributed by atoms with E-state index in [1.165, 1.54) is 0 Å². The summed E-state index contributed by atoms with van der Waals surface area (Å²) in [4.78, 5) is 0. The zero-order chi connectivity index (χ0) is 12.4. The maximum absolute atomic E-state index is 12.5. The lowest BCUT2D eigenvalue weighted by atomic mass is 9.98. The third-order valence-corrected chi connectivity index (χ3v) is 4.97. The maximum atomic E-state index is 12.5. The lowest BCUT2D eigenvalue weighted by Gasteiger charge is -2.38. The zero-order valence-corrected chi connectivity index (χ0v) is 10.1. The molecule has 2 N–H and O–H groups in total. The largest absolute Gasteiger partial charge is 0.350 e. The molecule has 7 heteroatoms. The zero-order valence-electron chi connectivity index (χ0n) is 9.33. The van der Waals surface area contributed by atoms with Gasteiger partial charge < -0.3 is 5.73 Å². The predicted octanol–water partition coefficient (Wildman–Crippen LogP) is 1.13.